The largest absolute Gasteiger partial charge is 0.361 e. The van der Waals surface area contributed by atoms with Gasteiger partial charge in [-0.05, 0) is 46.9 Å². The van der Waals surface area contributed by atoms with E-state index in [1.165, 1.54) is 19.1 Å². The number of rotatable bonds is 9. The first-order valence-corrected chi connectivity index (χ1v) is 13.8. The van der Waals surface area contributed by atoms with Crippen molar-refractivity contribution in [3.05, 3.63) is 162 Å². The van der Waals surface area contributed by atoms with Gasteiger partial charge in [-0.1, -0.05) is 91.0 Å². The second-order valence-corrected chi connectivity index (χ2v) is 10.4. The van der Waals surface area contributed by atoms with E-state index in [-0.39, 0.29) is 17.6 Å². The topological polar surface area (TPSA) is 62.7 Å². The number of aromatic amines is 1. The maximum absolute atomic E-state index is 13.9. The summed E-state index contributed by atoms with van der Waals surface area (Å²) in [4.78, 5) is 20.0. The van der Waals surface area contributed by atoms with Crippen LogP contribution in [0.25, 0.3) is 10.9 Å². The molecule has 2 N–H and O–H groups in total. The molecule has 4 aromatic carbocycles. The SMILES string of the molecule is CC(=O)NCC(Cc1cn(C(c2ccccc2)(c2ccccc2)c2ccccc2)cn1)c1c[nH]c2cc(F)ccc12. The third-order valence-electron chi connectivity index (χ3n) is 7.77. The van der Waals surface area contributed by atoms with Gasteiger partial charge in [-0.3, -0.25) is 4.79 Å². The van der Waals surface area contributed by atoms with Gasteiger partial charge in [0, 0.05) is 42.7 Å². The van der Waals surface area contributed by atoms with Crippen LogP contribution >= 0.6 is 0 Å². The van der Waals surface area contributed by atoms with Gasteiger partial charge in [0.05, 0.1) is 12.0 Å². The summed E-state index contributed by atoms with van der Waals surface area (Å²) in [6, 6.07) is 36.2. The van der Waals surface area contributed by atoms with Crippen molar-refractivity contribution in [1.82, 2.24) is 19.9 Å². The number of benzene rings is 4. The van der Waals surface area contributed by atoms with E-state index in [1.54, 1.807) is 6.07 Å². The highest BCUT2D eigenvalue weighted by Gasteiger charge is 2.38. The van der Waals surface area contributed by atoms with Crippen LogP contribution in [0.1, 0.15) is 40.8 Å². The number of fused-ring (bicyclic) bond motifs is 1. The molecule has 0 bridgehead atoms. The molecule has 0 saturated carbocycles. The number of aromatic nitrogens is 3. The van der Waals surface area contributed by atoms with E-state index < -0.39 is 5.54 Å². The van der Waals surface area contributed by atoms with E-state index in [2.05, 4.69) is 93.9 Å². The van der Waals surface area contributed by atoms with Gasteiger partial charge in [0.25, 0.3) is 0 Å². The Morgan fingerprint density at radius 1 is 0.902 bits per heavy atom. The number of amides is 1. The molecule has 2 aromatic heterocycles. The average molecular weight is 543 g/mol. The molecule has 0 saturated heterocycles. The molecule has 2 heterocycles. The predicted octanol–water partition coefficient (Wildman–Crippen LogP) is 6.81. The van der Waals surface area contributed by atoms with Crippen molar-refractivity contribution >= 4 is 16.8 Å². The van der Waals surface area contributed by atoms with Crippen molar-refractivity contribution in [2.75, 3.05) is 6.54 Å². The van der Waals surface area contributed by atoms with E-state index in [9.17, 15) is 9.18 Å². The Bertz CT molecular complexity index is 1660. The van der Waals surface area contributed by atoms with Crippen LogP contribution in [-0.4, -0.2) is 27.0 Å². The highest BCUT2D eigenvalue weighted by atomic mass is 19.1. The summed E-state index contributed by atoms with van der Waals surface area (Å²) in [5, 5.41) is 3.92. The van der Waals surface area contributed by atoms with Crippen LogP contribution in [-0.2, 0) is 16.8 Å². The standard InChI is InChI=1S/C35H31FN4O/c1-25(41)37-21-26(33-22-38-34-20-30(36)17-18-32(33)34)19-31-23-40(24-39-31)35(27-11-5-2-6-12-27,28-13-7-3-8-14-28)29-15-9-4-10-16-29/h2-18,20,22-24,26,38H,19,21H2,1H3,(H,37,41). The molecule has 1 amide bonds. The van der Waals surface area contributed by atoms with Crippen LogP contribution in [0.5, 0.6) is 0 Å². The molecule has 0 aliphatic rings. The Kier molecular flexibility index (Phi) is 7.21. The number of carbonyl (C=O) groups is 1. The first-order chi connectivity index (χ1) is 20.1. The number of nitrogens with one attached hydrogen (secondary N) is 2. The minimum atomic E-state index is -0.652. The van der Waals surface area contributed by atoms with Gasteiger partial charge in [-0.15, -0.1) is 0 Å². The fourth-order valence-electron chi connectivity index (χ4n) is 5.91. The summed E-state index contributed by atoms with van der Waals surface area (Å²) in [7, 11) is 0. The molecule has 0 radical (unpaired) electrons. The van der Waals surface area contributed by atoms with Gasteiger partial charge < -0.3 is 14.9 Å². The van der Waals surface area contributed by atoms with Crippen LogP contribution in [0, 0.1) is 5.82 Å². The zero-order valence-electron chi connectivity index (χ0n) is 22.8. The quantitative estimate of drug-likeness (QED) is 0.197. The number of hydrogen-bond donors (Lipinski definition) is 2. The number of imidazole rings is 1. The maximum atomic E-state index is 13.9. The molecule has 0 fully saturated rings. The van der Waals surface area contributed by atoms with E-state index >= 15 is 0 Å². The highest BCUT2D eigenvalue weighted by molar-refractivity contribution is 5.84. The average Bonchev–Trinajstić information content (AvgIpc) is 3.64. The molecule has 204 valence electrons. The van der Waals surface area contributed by atoms with Crippen molar-refractivity contribution in [3.8, 4) is 0 Å². The fourth-order valence-corrected chi connectivity index (χ4v) is 5.91. The molecule has 6 heteroatoms. The second-order valence-electron chi connectivity index (χ2n) is 10.4. The first kappa shape index (κ1) is 26.3. The fraction of sp³-hybridized carbons (Fsp3) is 0.143. The van der Waals surface area contributed by atoms with Crippen LogP contribution in [0.2, 0.25) is 0 Å². The molecule has 1 unspecified atom stereocenters. The van der Waals surface area contributed by atoms with Gasteiger partial charge in [-0.2, -0.15) is 0 Å². The Labute approximate surface area is 238 Å². The summed E-state index contributed by atoms with van der Waals surface area (Å²) >= 11 is 0. The van der Waals surface area contributed by atoms with E-state index in [1.807, 2.05) is 30.7 Å². The number of hydrogen-bond acceptors (Lipinski definition) is 2. The lowest BCUT2D eigenvalue weighted by Gasteiger charge is -2.37. The second kappa shape index (κ2) is 11.3. The van der Waals surface area contributed by atoms with Crippen LogP contribution < -0.4 is 5.32 Å². The van der Waals surface area contributed by atoms with Gasteiger partial charge in [0.1, 0.15) is 11.4 Å². The molecule has 41 heavy (non-hydrogen) atoms. The Hall–Kier alpha value is -4.97. The number of H-pyrrole nitrogens is 1. The van der Waals surface area contributed by atoms with Gasteiger partial charge in [0.15, 0.2) is 0 Å². The van der Waals surface area contributed by atoms with Crippen molar-refractivity contribution in [1.29, 1.82) is 0 Å². The van der Waals surface area contributed by atoms with Gasteiger partial charge >= 0.3 is 0 Å². The van der Waals surface area contributed by atoms with E-state index in [0.717, 1.165) is 38.9 Å². The molecule has 0 spiro atoms. The normalized spacial score (nSPS) is 12.3. The van der Waals surface area contributed by atoms with Gasteiger partial charge in [-0.25, -0.2) is 9.37 Å². The third kappa shape index (κ3) is 5.05. The summed E-state index contributed by atoms with van der Waals surface area (Å²) in [5.41, 5.74) is 5.35. The number of halogens is 1. The van der Waals surface area contributed by atoms with Crippen LogP contribution in [0.4, 0.5) is 4.39 Å². The lowest BCUT2D eigenvalue weighted by atomic mass is 9.76. The molecule has 5 nitrogen and oxygen atoms in total. The molecule has 6 aromatic rings. The molecule has 0 aliphatic heterocycles. The molecule has 1 atom stereocenters. The summed E-state index contributed by atoms with van der Waals surface area (Å²) in [6.07, 6.45) is 6.52. The van der Waals surface area contributed by atoms with E-state index in [4.69, 9.17) is 4.98 Å². The summed E-state index contributed by atoms with van der Waals surface area (Å²) in [6.45, 7) is 1.96. The number of carbonyl (C=O) groups excluding carboxylic acids is 1. The van der Waals surface area contributed by atoms with Gasteiger partial charge in [0.2, 0.25) is 5.91 Å². The highest BCUT2D eigenvalue weighted by Crippen LogP contribution is 2.41. The summed E-state index contributed by atoms with van der Waals surface area (Å²) in [5.74, 6) is -0.453. The third-order valence-corrected chi connectivity index (χ3v) is 7.77. The van der Waals surface area contributed by atoms with Crippen LogP contribution in [0.15, 0.2) is 128 Å². The van der Waals surface area contributed by atoms with E-state index in [0.29, 0.717) is 13.0 Å². The van der Waals surface area contributed by atoms with Crippen molar-refractivity contribution in [2.24, 2.45) is 0 Å². The molecule has 0 aliphatic carbocycles. The van der Waals surface area contributed by atoms with Crippen LogP contribution in [0.3, 0.4) is 0 Å². The lowest BCUT2D eigenvalue weighted by molar-refractivity contribution is -0.119. The van der Waals surface area contributed by atoms with Crippen molar-refractivity contribution < 1.29 is 9.18 Å². The zero-order valence-corrected chi connectivity index (χ0v) is 22.8. The Morgan fingerprint density at radius 2 is 1.49 bits per heavy atom. The number of nitrogens with zero attached hydrogens (tertiary/aromatic N) is 2. The minimum Gasteiger partial charge on any atom is -0.361 e. The minimum absolute atomic E-state index is 0.0685. The Morgan fingerprint density at radius 3 is 2.05 bits per heavy atom. The molecule has 6 rings (SSSR count). The van der Waals surface area contributed by atoms with Crippen molar-refractivity contribution in [2.45, 2.75) is 24.8 Å². The van der Waals surface area contributed by atoms with Crippen molar-refractivity contribution in [3.63, 3.8) is 0 Å². The predicted molar refractivity (Wildman–Crippen MR) is 160 cm³/mol. The summed E-state index contributed by atoms with van der Waals surface area (Å²) < 4.78 is 16.1. The molecular formula is C35H31FN4O. The molecular weight excluding hydrogens is 511 g/mol. The first-order valence-electron chi connectivity index (χ1n) is 13.8. The lowest BCUT2D eigenvalue weighted by Crippen LogP contribution is -2.37. The monoisotopic (exact) mass is 542 g/mol. The maximum Gasteiger partial charge on any atom is 0.216 e. The Balaban J connectivity index is 1.47. The smallest absolute Gasteiger partial charge is 0.216 e. The zero-order chi connectivity index (χ0) is 28.2.